The lowest BCUT2D eigenvalue weighted by Gasteiger charge is -2.36. The molecule has 0 amide bonds. The van der Waals surface area contributed by atoms with Crippen molar-refractivity contribution in [2.24, 2.45) is 0 Å². The third-order valence-corrected chi connectivity index (χ3v) is 6.33. The molecular formula is C26H55N. The van der Waals surface area contributed by atoms with Crippen LogP contribution in [0.15, 0.2) is 0 Å². The molecule has 0 unspecified atom stereocenters. The maximum atomic E-state index is 3.99. The van der Waals surface area contributed by atoms with Crippen LogP contribution >= 0.6 is 0 Å². The van der Waals surface area contributed by atoms with Gasteiger partial charge in [0.1, 0.15) is 0 Å². The van der Waals surface area contributed by atoms with E-state index < -0.39 is 0 Å². The second-order valence-corrected chi connectivity index (χ2v) is 9.01. The van der Waals surface area contributed by atoms with Gasteiger partial charge in [0.15, 0.2) is 0 Å². The Morgan fingerprint density at radius 3 is 1.00 bits per heavy atom. The van der Waals surface area contributed by atoms with Crippen LogP contribution in [0.25, 0.3) is 0 Å². The first-order valence-electron chi connectivity index (χ1n) is 13.0. The van der Waals surface area contributed by atoms with Crippen LogP contribution in [0.2, 0.25) is 0 Å². The van der Waals surface area contributed by atoms with Crippen LogP contribution in [0.4, 0.5) is 0 Å². The molecule has 0 bridgehead atoms. The highest BCUT2D eigenvalue weighted by Crippen LogP contribution is 2.29. The third-order valence-electron chi connectivity index (χ3n) is 6.33. The molecule has 0 aromatic rings. The van der Waals surface area contributed by atoms with Crippen LogP contribution < -0.4 is 5.32 Å². The summed E-state index contributed by atoms with van der Waals surface area (Å²) in [6.45, 7) is 10.4. The minimum absolute atomic E-state index is 0.441. The molecule has 0 fully saturated rings. The molecule has 0 spiro atoms. The molecule has 1 heteroatoms. The average Bonchev–Trinajstić information content (AvgIpc) is 2.67. The van der Waals surface area contributed by atoms with E-state index >= 15 is 0 Å². The maximum Gasteiger partial charge on any atom is 0.0181 e. The molecule has 1 N–H and O–H groups in total. The fraction of sp³-hybridized carbons (Fsp3) is 1.00. The SMILES string of the molecule is CCCCCCCCCC(CCCCCCC)(CCCCCCC)NCC. The van der Waals surface area contributed by atoms with Gasteiger partial charge >= 0.3 is 0 Å². The lowest BCUT2D eigenvalue weighted by atomic mass is 9.81. The van der Waals surface area contributed by atoms with Crippen LogP contribution in [0.3, 0.4) is 0 Å². The van der Waals surface area contributed by atoms with E-state index in [4.69, 9.17) is 0 Å². The van der Waals surface area contributed by atoms with Crippen molar-refractivity contribution in [3.8, 4) is 0 Å². The minimum atomic E-state index is 0.441. The van der Waals surface area contributed by atoms with E-state index in [0.29, 0.717) is 5.54 Å². The molecule has 0 aliphatic heterocycles. The zero-order valence-electron chi connectivity index (χ0n) is 19.8. The van der Waals surface area contributed by atoms with Crippen LogP contribution in [0.1, 0.15) is 156 Å². The van der Waals surface area contributed by atoms with Crippen LogP contribution in [-0.2, 0) is 0 Å². The number of hydrogen-bond acceptors (Lipinski definition) is 1. The summed E-state index contributed by atoms with van der Waals surface area (Å²) in [7, 11) is 0. The van der Waals surface area contributed by atoms with Crippen molar-refractivity contribution in [3.63, 3.8) is 0 Å². The first-order chi connectivity index (χ1) is 13.2. The molecule has 0 radical (unpaired) electrons. The van der Waals surface area contributed by atoms with E-state index in [-0.39, 0.29) is 0 Å². The molecule has 0 aromatic carbocycles. The molecule has 164 valence electrons. The second kappa shape index (κ2) is 20.7. The van der Waals surface area contributed by atoms with Crippen molar-refractivity contribution < 1.29 is 0 Å². The van der Waals surface area contributed by atoms with Crippen molar-refractivity contribution in [1.29, 1.82) is 0 Å². The monoisotopic (exact) mass is 381 g/mol. The summed E-state index contributed by atoms with van der Waals surface area (Å²) in [5.74, 6) is 0. The van der Waals surface area contributed by atoms with Gasteiger partial charge in [0.05, 0.1) is 0 Å². The third kappa shape index (κ3) is 16.6. The van der Waals surface area contributed by atoms with Gasteiger partial charge in [-0.25, -0.2) is 0 Å². The summed E-state index contributed by atoms with van der Waals surface area (Å²) in [6.07, 6.45) is 28.4. The Bertz CT molecular complexity index is 259. The van der Waals surface area contributed by atoms with E-state index in [0.717, 1.165) is 6.54 Å². The minimum Gasteiger partial charge on any atom is -0.312 e. The van der Waals surface area contributed by atoms with Crippen molar-refractivity contribution in [2.75, 3.05) is 6.54 Å². The average molecular weight is 382 g/mol. The van der Waals surface area contributed by atoms with Crippen LogP contribution in [0, 0.1) is 0 Å². The van der Waals surface area contributed by atoms with Crippen LogP contribution in [-0.4, -0.2) is 12.1 Å². The molecular weight excluding hydrogens is 326 g/mol. The quantitative estimate of drug-likeness (QED) is 0.184. The van der Waals surface area contributed by atoms with E-state index in [1.54, 1.807) is 0 Å². The van der Waals surface area contributed by atoms with Crippen molar-refractivity contribution in [2.45, 2.75) is 162 Å². The van der Waals surface area contributed by atoms with E-state index in [2.05, 4.69) is 33.0 Å². The van der Waals surface area contributed by atoms with Crippen molar-refractivity contribution >= 4 is 0 Å². The summed E-state index contributed by atoms with van der Waals surface area (Å²) < 4.78 is 0. The smallest absolute Gasteiger partial charge is 0.0181 e. The summed E-state index contributed by atoms with van der Waals surface area (Å²) in [4.78, 5) is 0. The molecule has 0 aromatic heterocycles. The Labute approximate surface area is 173 Å². The summed E-state index contributed by atoms with van der Waals surface area (Å²) >= 11 is 0. The van der Waals surface area contributed by atoms with Crippen LogP contribution in [0.5, 0.6) is 0 Å². The molecule has 0 atom stereocenters. The summed E-state index contributed by atoms with van der Waals surface area (Å²) in [5, 5.41) is 3.99. The molecule has 27 heavy (non-hydrogen) atoms. The first-order valence-corrected chi connectivity index (χ1v) is 13.0. The van der Waals surface area contributed by atoms with Gasteiger partial charge in [-0.05, 0) is 25.8 Å². The topological polar surface area (TPSA) is 12.0 Å². The highest BCUT2D eigenvalue weighted by atomic mass is 15.0. The summed E-state index contributed by atoms with van der Waals surface area (Å²) in [6, 6.07) is 0. The molecule has 0 aliphatic rings. The number of rotatable bonds is 22. The lowest BCUT2D eigenvalue weighted by molar-refractivity contribution is 0.240. The predicted molar refractivity (Wildman–Crippen MR) is 126 cm³/mol. The Hall–Kier alpha value is -0.0400. The second-order valence-electron chi connectivity index (χ2n) is 9.01. The van der Waals surface area contributed by atoms with Gasteiger partial charge in [0.2, 0.25) is 0 Å². The maximum absolute atomic E-state index is 3.99. The Balaban J connectivity index is 4.37. The van der Waals surface area contributed by atoms with E-state index in [9.17, 15) is 0 Å². The molecule has 0 saturated carbocycles. The molecule has 0 heterocycles. The highest BCUT2D eigenvalue weighted by Gasteiger charge is 2.27. The number of nitrogens with one attached hydrogen (secondary N) is 1. The van der Waals surface area contributed by atoms with Gasteiger partial charge in [-0.3, -0.25) is 0 Å². The number of unbranched alkanes of at least 4 members (excludes halogenated alkanes) is 14. The molecule has 0 aliphatic carbocycles. The standard InChI is InChI=1S/C26H55N/c1-5-9-12-15-16-19-22-25-26(27-8-4,23-20-17-13-10-6-2)24-21-18-14-11-7-3/h27H,5-25H2,1-4H3. The van der Waals surface area contributed by atoms with Gasteiger partial charge in [-0.2, -0.15) is 0 Å². The Morgan fingerprint density at radius 1 is 0.407 bits per heavy atom. The van der Waals surface area contributed by atoms with Crippen molar-refractivity contribution in [1.82, 2.24) is 5.32 Å². The highest BCUT2D eigenvalue weighted by molar-refractivity contribution is 4.87. The van der Waals surface area contributed by atoms with E-state index in [1.165, 1.54) is 128 Å². The fourth-order valence-corrected chi connectivity index (χ4v) is 4.57. The molecule has 1 nitrogen and oxygen atoms in total. The summed E-state index contributed by atoms with van der Waals surface area (Å²) in [5.41, 5.74) is 0.441. The Morgan fingerprint density at radius 2 is 0.704 bits per heavy atom. The zero-order chi connectivity index (χ0) is 20.1. The van der Waals surface area contributed by atoms with Gasteiger partial charge < -0.3 is 5.32 Å². The van der Waals surface area contributed by atoms with E-state index in [1.807, 2.05) is 0 Å². The van der Waals surface area contributed by atoms with Crippen molar-refractivity contribution in [3.05, 3.63) is 0 Å². The molecule has 0 saturated heterocycles. The molecule has 0 rings (SSSR count). The van der Waals surface area contributed by atoms with Gasteiger partial charge in [0, 0.05) is 5.54 Å². The lowest BCUT2D eigenvalue weighted by Crippen LogP contribution is -2.45. The van der Waals surface area contributed by atoms with Gasteiger partial charge in [-0.1, -0.05) is 137 Å². The Kier molecular flexibility index (Phi) is 20.7. The number of hydrogen-bond donors (Lipinski definition) is 1. The van der Waals surface area contributed by atoms with Gasteiger partial charge in [-0.15, -0.1) is 0 Å². The van der Waals surface area contributed by atoms with Gasteiger partial charge in [0.25, 0.3) is 0 Å². The fourth-order valence-electron chi connectivity index (χ4n) is 4.57. The normalized spacial score (nSPS) is 12.0. The first kappa shape index (κ1) is 27.0. The predicted octanol–water partition coefficient (Wildman–Crippen LogP) is 9.20. The zero-order valence-corrected chi connectivity index (χ0v) is 19.8. The largest absolute Gasteiger partial charge is 0.312 e.